The third kappa shape index (κ3) is 6.39. The lowest BCUT2D eigenvalue weighted by Crippen LogP contribution is -2.14. The van der Waals surface area contributed by atoms with Crippen LogP contribution >= 0.6 is 0 Å². The second kappa shape index (κ2) is 10.6. The van der Waals surface area contributed by atoms with Gasteiger partial charge in [-0.1, -0.05) is 35.9 Å². The molecule has 3 aromatic rings. The number of ether oxygens (including phenoxy) is 2. The minimum atomic E-state index is -4.55. The Morgan fingerprint density at radius 3 is 2.47 bits per heavy atom. The number of aryl methyl sites for hydroxylation is 1. The van der Waals surface area contributed by atoms with Crippen LogP contribution in [0.15, 0.2) is 72.3 Å². The first kappa shape index (κ1) is 24.4. The van der Waals surface area contributed by atoms with Crippen LogP contribution in [0.5, 0.6) is 11.5 Å². The van der Waals surface area contributed by atoms with E-state index in [-0.39, 0.29) is 17.9 Å². The van der Waals surface area contributed by atoms with Gasteiger partial charge < -0.3 is 14.8 Å². The van der Waals surface area contributed by atoms with Crippen molar-refractivity contribution in [1.29, 1.82) is 5.26 Å². The van der Waals surface area contributed by atoms with Gasteiger partial charge >= 0.3 is 6.18 Å². The van der Waals surface area contributed by atoms with E-state index >= 15 is 0 Å². The Hall–Kier alpha value is -4.25. The average Bonchev–Trinajstić information content (AvgIpc) is 2.82. The predicted molar refractivity (Wildman–Crippen MR) is 122 cm³/mol. The van der Waals surface area contributed by atoms with Gasteiger partial charge in [-0.3, -0.25) is 4.79 Å². The highest BCUT2D eigenvalue weighted by molar-refractivity contribution is 6.09. The zero-order chi connectivity index (χ0) is 24.7. The fourth-order valence-corrected chi connectivity index (χ4v) is 3.01. The van der Waals surface area contributed by atoms with Crippen LogP contribution < -0.4 is 14.8 Å². The lowest BCUT2D eigenvalue weighted by atomic mass is 10.1. The van der Waals surface area contributed by atoms with E-state index in [4.69, 9.17) is 9.47 Å². The molecule has 1 N–H and O–H groups in total. The first-order chi connectivity index (χ1) is 16.2. The number of carbonyl (C=O) groups excluding carboxylic acids is 1. The number of anilines is 1. The summed E-state index contributed by atoms with van der Waals surface area (Å²) in [7, 11) is 1.50. The molecule has 0 saturated carbocycles. The number of halogens is 3. The molecule has 0 atom stereocenters. The largest absolute Gasteiger partial charge is 0.497 e. The van der Waals surface area contributed by atoms with Gasteiger partial charge in [-0.15, -0.1) is 0 Å². The van der Waals surface area contributed by atoms with Crippen LogP contribution in [0.2, 0.25) is 0 Å². The van der Waals surface area contributed by atoms with Crippen LogP contribution in [0.4, 0.5) is 18.9 Å². The zero-order valence-corrected chi connectivity index (χ0v) is 18.4. The maximum atomic E-state index is 12.9. The van der Waals surface area contributed by atoms with Crippen molar-refractivity contribution in [3.8, 4) is 17.6 Å². The molecule has 1 amide bonds. The van der Waals surface area contributed by atoms with Crippen LogP contribution in [-0.2, 0) is 17.6 Å². The highest BCUT2D eigenvalue weighted by Gasteiger charge is 2.30. The van der Waals surface area contributed by atoms with E-state index in [0.29, 0.717) is 17.1 Å². The Morgan fingerprint density at radius 2 is 1.82 bits per heavy atom. The van der Waals surface area contributed by atoms with Gasteiger partial charge in [0.2, 0.25) is 0 Å². The van der Waals surface area contributed by atoms with Gasteiger partial charge in [-0.2, -0.15) is 18.4 Å². The third-order valence-corrected chi connectivity index (χ3v) is 4.85. The van der Waals surface area contributed by atoms with E-state index in [1.165, 1.54) is 25.3 Å². The van der Waals surface area contributed by atoms with Crippen LogP contribution in [-0.4, -0.2) is 13.0 Å². The third-order valence-electron chi connectivity index (χ3n) is 4.85. The number of amides is 1. The van der Waals surface area contributed by atoms with Gasteiger partial charge in [0.25, 0.3) is 5.91 Å². The van der Waals surface area contributed by atoms with Crippen molar-refractivity contribution in [2.75, 3.05) is 12.4 Å². The minimum Gasteiger partial charge on any atom is -0.497 e. The second-order valence-corrected chi connectivity index (χ2v) is 7.38. The van der Waals surface area contributed by atoms with Gasteiger partial charge in [-0.05, 0) is 48.9 Å². The second-order valence-electron chi connectivity index (χ2n) is 7.38. The molecule has 0 heterocycles. The lowest BCUT2D eigenvalue weighted by molar-refractivity contribution is -0.137. The molecule has 0 radical (unpaired) electrons. The van der Waals surface area contributed by atoms with Crippen molar-refractivity contribution < 1.29 is 27.4 Å². The zero-order valence-electron chi connectivity index (χ0n) is 18.4. The number of hydrogen-bond donors (Lipinski definition) is 1. The van der Waals surface area contributed by atoms with Crippen molar-refractivity contribution in [2.45, 2.75) is 19.7 Å². The number of nitrogens with one attached hydrogen (secondary N) is 1. The van der Waals surface area contributed by atoms with E-state index in [1.54, 1.807) is 24.3 Å². The number of methoxy groups -OCH3 is 1. The maximum Gasteiger partial charge on any atom is 0.416 e. The Balaban J connectivity index is 1.85. The summed E-state index contributed by atoms with van der Waals surface area (Å²) in [4.78, 5) is 12.6. The van der Waals surface area contributed by atoms with Gasteiger partial charge in [0.15, 0.2) is 0 Å². The Morgan fingerprint density at radius 1 is 1.09 bits per heavy atom. The number of carbonyl (C=O) groups is 1. The summed E-state index contributed by atoms with van der Waals surface area (Å²) in [6, 6.07) is 18.6. The molecule has 0 saturated heterocycles. The topological polar surface area (TPSA) is 71.3 Å². The van der Waals surface area contributed by atoms with Crippen molar-refractivity contribution in [1.82, 2.24) is 0 Å². The summed E-state index contributed by atoms with van der Waals surface area (Å²) in [5, 5.41) is 11.9. The van der Waals surface area contributed by atoms with Crippen LogP contribution in [0, 0.1) is 18.3 Å². The fourth-order valence-electron chi connectivity index (χ4n) is 3.01. The Bertz CT molecular complexity index is 1240. The molecule has 0 aliphatic rings. The van der Waals surface area contributed by atoms with Gasteiger partial charge in [0, 0.05) is 17.3 Å². The molecule has 0 fully saturated rings. The van der Waals surface area contributed by atoms with Crippen molar-refractivity contribution in [3.05, 3.63) is 94.6 Å². The highest BCUT2D eigenvalue weighted by atomic mass is 19.4. The molecular weight excluding hydrogens is 445 g/mol. The number of hydrogen-bond acceptors (Lipinski definition) is 4. The van der Waals surface area contributed by atoms with E-state index in [0.717, 1.165) is 23.3 Å². The maximum absolute atomic E-state index is 12.9. The summed E-state index contributed by atoms with van der Waals surface area (Å²) in [6.45, 7) is 2.22. The fraction of sp³-hybridized carbons (Fsp3) is 0.154. The van der Waals surface area contributed by atoms with E-state index < -0.39 is 17.6 Å². The van der Waals surface area contributed by atoms with Gasteiger partial charge in [-0.25, -0.2) is 0 Å². The van der Waals surface area contributed by atoms with E-state index in [1.807, 2.05) is 31.2 Å². The first-order valence-electron chi connectivity index (χ1n) is 10.2. The van der Waals surface area contributed by atoms with Gasteiger partial charge in [0.1, 0.15) is 29.7 Å². The lowest BCUT2D eigenvalue weighted by Gasteiger charge is -2.12. The molecule has 34 heavy (non-hydrogen) atoms. The highest BCUT2D eigenvalue weighted by Crippen LogP contribution is 2.31. The molecule has 174 valence electrons. The molecule has 0 aliphatic carbocycles. The van der Waals surface area contributed by atoms with Crippen molar-refractivity contribution in [2.24, 2.45) is 0 Å². The normalized spacial score (nSPS) is 11.5. The first-order valence-corrected chi connectivity index (χ1v) is 10.2. The number of benzene rings is 3. The average molecular weight is 466 g/mol. The van der Waals surface area contributed by atoms with Crippen molar-refractivity contribution >= 4 is 17.7 Å². The summed E-state index contributed by atoms with van der Waals surface area (Å²) >= 11 is 0. The molecule has 3 aromatic carbocycles. The molecule has 0 aromatic heterocycles. The molecule has 0 spiro atoms. The van der Waals surface area contributed by atoms with Crippen LogP contribution in [0.1, 0.15) is 22.3 Å². The summed E-state index contributed by atoms with van der Waals surface area (Å²) in [5.74, 6) is 0.0460. The Kier molecular flexibility index (Phi) is 7.59. The molecule has 5 nitrogen and oxygen atoms in total. The van der Waals surface area contributed by atoms with Crippen LogP contribution in [0.3, 0.4) is 0 Å². The van der Waals surface area contributed by atoms with Gasteiger partial charge in [0.05, 0.1) is 12.7 Å². The summed E-state index contributed by atoms with van der Waals surface area (Å²) < 4.78 is 50.0. The number of rotatable bonds is 7. The summed E-state index contributed by atoms with van der Waals surface area (Å²) in [5.41, 5.74) is 1.18. The Labute approximate surface area is 195 Å². The molecule has 0 unspecified atom stereocenters. The number of nitrogens with zero attached hydrogens (tertiary/aromatic N) is 1. The van der Waals surface area contributed by atoms with E-state index in [2.05, 4.69) is 5.32 Å². The minimum absolute atomic E-state index is 0.0773. The summed E-state index contributed by atoms with van der Waals surface area (Å²) in [6.07, 6.45) is -3.24. The quantitative estimate of drug-likeness (QED) is 0.335. The number of nitriles is 1. The van der Waals surface area contributed by atoms with Crippen molar-refractivity contribution in [3.63, 3.8) is 0 Å². The molecular formula is C26H21F3N2O3. The smallest absolute Gasteiger partial charge is 0.416 e. The monoisotopic (exact) mass is 466 g/mol. The molecule has 0 bridgehead atoms. The molecule has 8 heteroatoms. The SMILES string of the molecule is COc1ccc(/C=C(\C#N)C(=O)Nc2cccc(C(F)(F)F)c2)c(OCc2ccc(C)cc2)c1. The predicted octanol–water partition coefficient (Wildman–Crippen LogP) is 6.15. The van der Waals surface area contributed by atoms with Crippen LogP contribution in [0.25, 0.3) is 6.08 Å². The number of alkyl halides is 3. The standard InChI is InChI=1S/C26H21F3N2O3/c1-17-6-8-18(9-7-17)16-34-24-14-23(33-2)11-10-19(24)12-20(15-30)25(32)31-22-5-3-4-21(13-22)26(27,28)29/h3-14H,16H2,1-2H3,(H,31,32)/b20-12+. The van der Waals surface area contributed by atoms with E-state index in [9.17, 15) is 23.2 Å². The molecule has 3 rings (SSSR count). The molecule has 0 aliphatic heterocycles.